The van der Waals surface area contributed by atoms with E-state index >= 15 is 0 Å². The van der Waals surface area contributed by atoms with Gasteiger partial charge in [0.05, 0.1) is 5.02 Å². The van der Waals surface area contributed by atoms with Gasteiger partial charge in [0.2, 0.25) is 10.0 Å². The van der Waals surface area contributed by atoms with Crippen LogP contribution < -0.4 is 10.0 Å². The van der Waals surface area contributed by atoms with Gasteiger partial charge in [0, 0.05) is 23.2 Å². The molecule has 0 saturated heterocycles. The predicted octanol–water partition coefficient (Wildman–Crippen LogP) is 3.18. The third-order valence-corrected chi connectivity index (χ3v) is 6.49. The molecule has 4 nitrogen and oxygen atoms in total. The number of halogens is 2. The average molecular weight is 351 g/mol. The van der Waals surface area contributed by atoms with E-state index in [9.17, 15) is 8.42 Å². The zero-order valence-electron chi connectivity index (χ0n) is 12.1. The summed E-state index contributed by atoms with van der Waals surface area (Å²) in [6, 6.07) is 2.95. The zero-order valence-corrected chi connectivity index (χ0v) is 14.4. The lowest BCUT2D eigenvalue weighted by atomic mass is 9.81. The number of sulfonamides is 1. The van der Waals surface area contributed by atoms with E-state index < -0.39 is 10.0 Å². The Morgan fingerprint density at radius 3 is 2.52 bits per heavy atom. The van der Waals surface area contributed by atoms with Crippen LogP contribution in [0.2, 0.25) is 10.0 Å². The second-order valence-electron chi connectivity index (χ2n) is 5.47. The Labute approximate surface area is 136 Å². The third-order valence-electron chi connectivity index (χ3n) is 3.99. The normalized spacial score (nSPS) is 17.5. The van der Waals surface area contributed by atoms with Gasteiger partial charge in [-0.1, -0.05) is 29.6 Å². The summed E-state index contributed by atoms with van der Waals surface area (Å²) in [6.45, 7) is 2.32. The molecule has 2 N–H and O–H groups in total. The molecule has 0 aromatic heterocycles. The number of hydrogen-bond acceptors (Lipinski definition) is 3. The Hall–Kier alpha value is -0.330. The molecule has 0 heterocycles. The summed E-state index contributed by atoms with van der Waals surface area (Å²) in [6.07, 6.45) is 3.32. The molecule has 1 aliphatic rings. The zero-order chi connectivity index (χ0) is 15.6. The van der Waals surface area contributed by atoms with Crippen molar-refractivity contribution >= 4 is 33.2 Å². The fourth-order valence-electron chi connectivity index (χ4n) is 2.47. The Kier molecular flexibility index (Phi) is 5.54. The molecular formula is C14H20Cl2N2O2S. The van der Waals surface area contributed by atoms with Crippen molar-refractivity contribution in [2.45, 2.75) is 43.7 Å². The van der Waals surface area contributed by atoms with E-state index in [-0.39, 0.29) is 16.0 Å². The number of hydrogen-bond donors (Lipinski definition) is 2. The summed E-state index contributed by atoms with van der Waals surface area (Å²) in [7, 11) is -1.88. The first-order chi connectivity index (χ1) is 9.86. The molecule has 118 valence electrons. The van der Waals surface area contributed by atoms with Crippen LogP contribution >= 0.6 is 23.2 Å². The molecule has 0 radical (unpaired) electrons. The Morgan fingerprint density at radius 1 is 1.33 bits per heavy atom. The molecule has 1 atom stereocenters. The van der Waals surface area contributed by atoms with Crippen molar-refractivity contribution in [2.24, 2.45) is 5.92 Å². The van der Waals surface area contributed by atoms with Crippen LogP contribution in [0.3, 0.4) is 0 Å². The average Bonchev–Trinajstić information content (AvgIpc) is 2.30. The van der Waals surface area contributed by atoms with Crippen LogP contribution in [-0.4, -0.2) is 21.5 Å². The van der Waals surface area contributed by atoms with Crippen molar-refractivity contribution in [3.63, 3.8) is 0 Å². The van der Waals surface area contributed by atoms with Gasteiger partial charge >= 0.3 is 0 Å². The maximum Gasteiger partial charge on any atom is 0.242 e. The topological polar surface area (TPSA) is 58.2 Å². The molecular weight excluding hydrogens is 331 g/mol. The van der Waals surface area contributed by atoms with Gasteiger partial charge in [-0.2, -0.15) is 0 Å². The van der Waals surface area contributed by atoms with Crippen molar-refractivity contribution in [1.82, 2.24) is 10.0 Å². The molecule has 7 heteroatoms. The van der Waals surface area contributed by atoms with Gasteiger partial charge in [0.25, 0.3) is 0 Å². The summed E-state index contributed by atoms with van der Waals surface area (Å²) >= 11 is 12.3. The van der Waals surface area contributed by atoms with E-state index in [4.69, 9.17) is 23.2 Å². The molecule has 1 fully saturated rings. The molecule has 1 saturated carbocycles. The second kappa shape index (κ2) is 6.84. The van der Waals surface area contributed by atoms with Gasteiger partial charge in [0.1, 0.15) is 4.90 Å². The third kappa shape index (κ3) is 3.71. The van der Waals surface area contributed by atoms with E-state index in [1.54, 1.807) is 13.1 Å². The fourth-order valence-corrected chi connectivity index (χ4v) is 4.69. The maximum atomic E-state index is 12.5. The first-order valence-electron chi connectivity index (χ1n) is 7.00. The SMILES string of the molecule is CNCc1c(Cl)ccc(S(=O)(=O)NC(C)C2CCC2)c1Cl. The van der Waals surface area contributed by atoms with E-state index in [2.05, 4.69) is 10.0 Å². The molecule has 0 spiro atoms. The molecule has 2 rings (SSSR count). The summed E-state index contributed by atoms with van der Waals surface area (Å²) in [4.78, 5) is 0.0880. The predicted molar refractivity (Wildman–Crippen MR) is 86.4 cm³/mol. The van der Waals surface area contributed by atoms with Crippen molar-refractivity contribution in [1.29, 1.82) is 0 Å². The Morgan fingerprint density at radius 2 is 2.00 bits per heavy atom. The van der Waals surface area contributed by atoms with Crippen LogP contribution in [0, 0.1) is 5.92 Å². The largest absolute Gasteiger partial charge is 0.316 e. The van der Waals surface area contributed by atoms with E-state index in [1.807, 2.05) is 6.92 Å². The van der Waals surface area contributed by atoms with Crippen molar-refractivity contribution in [3.8, 4) is 0 Å². The molecule has 0 aliphatic heterocycles. The van der Waals surface area contributed by atoms with Gasteiger partial charge in [-0.15, -0.1) is 0 Å². The minimum absolute atomic E-state index is 0.0803. The van der Waals surface area contributed by atoms with E-state index in [1.165, 1.54) is 12.5 Å². The minimum Gasteiger partial charge on any atom is -0.316 e. The van der Waals surface area contributed by atoms with Crippen LogP contribution in [0.15, 0.2) is 17.0 Å². The molecule has 21 heavy (non-hydrogen) atoms. The highest BCUT2D eigenvalue weighted by Gasteiger charge is 2.29. The van der Waals surface area contributed by atoms with Gasteiger partial charge in [0.15, 0.2) is 0 Å². The van der Waals surface area contributed by atoms with Crippen molar-refractivity contribution < 1.29 is 8.42 Å². The molecule has 1 aromatic rings. The van der Waals surface area contributed by atoms with E-state index in [0.29, 0.717) is 23.0 Å². The second-order valence-corrected chi connectivity index (χ2v) is 7.94. The van der Waals surface area contributed by atoms with Crippen LogP contribution in [-0.2, 0) is 16.6 Å². The highest BCUT2D eigenvalue weighted by atomic mass is 35.5. The Bertz CT molecular complexity index is 616. The number of nitrogens with one attached hydrogen (secondary N) is 2. The summed E-state index contributed by atoms with van der Waals surface area (Å²) in [5.41, 5.74) is 0.597. The Balaban J connectivity index is 2.29. The lowest BCUT2D eigenvalue weighted by Crippen LogP contribution is -2.40. The van der Waals surface area contributed by atoms with Gasteiger partial charge in [-0.05, 0) is 44.9 Å². The van der Waals surface area contributed by atoms with Crippen LogP contribution in [0.1, 0.15) is 31.7 Å². The standard InChI is InChI=1S/C14H20Cl2N2O2S/c1-9(10-4-3-5-10)18-21(19,20)13-7-6-12(15)11(8-17-2)14(13)16/h6-7,9-10,17-18H,3-5,8H2,1-2H3. The van der Waals surface area contributed by atoms with Crippen LogP contribution in [0.4, 0.5) is 0 Å². The molecule has 0 bridgehead atoms. The monoisotopic (exact) mass is 350 g/mol. The summed E-state index contributed by atoms with van der Waals surface area (Å²) in [5, 5.41) is 3.58. The summed E-state index contributed by atoms with van der Waals surface area (Å²) in [5.74, 6) is 0.419. The number of benzene rings is 1. The highest BCUT2D eigenvalue weighted by Crippen LogP contribution is 2.33. The first-order valence-corrected chi connectivity index (χ1v) is 9.24. The van der Waals surface area contributed by atoms with Gasteiger partial charge < -0.3 is 5.32 Å². The minimum atomic E-state index is -3.64. The highest BCUT2D eigenvalue weighted by molar-refractivity contribution is 7.89. The lowest BCUT2D eigenvalue weighted by Gasteiger charge is -2.31. The lowest BCUT2D eigenvalue weighted by molar-refractivity contribution is 0.260. The molecule has 1 unspecified atom stereocenters. The van der Waals surface area contributed by atoms with Gasteiger partial charge in [-0.3, -0.25) is 0 Å². The molecule has 1 aromatic carbocycles. The quantitative estimate of drug-likeness (QED) is 0.828. The van der Waals surface area contributed by atoms with Gasteiger partial charge in [-0.25, -0.2) is 13.1 Å². The summed E-state index contributed by atoms with van der Waals surface area (Å²) < 4.78 is 27.8. The smallest absolute Gasteiger partial charge is 0.242 e. The van der Waals surface area contributed by atoms with Crippen LogP contribution in [0.25, 0.3) is 0 Å². The maximum absolute atomic E-state index is 12.5. The van der Waals surface area contributed by atoms with Crippen molar-refractivity contribution in [2.75, 3.05) is 7.05 Å². The van der Waals surface area contributed by atoms with Crippen molar-refractivity contribution in [3.05, 3.63) is 27.7 Å². The molecule has 0 amide bonds. The fraction of sp³-hybridized carbons (Fsp3) is 0.571. The first kappa shape index (κ1) is 17.0. The van der Waals surface area contributed by atoms with Crippen LogP contribution in [0.5, 0.6) is 0 Å². The molecule has 1 aliphatic carbocycles. The number of rotatable bonds is 6. The van der Waals surface area contributed by atoms with E-state index in [0.717, 1.165) is 12.8 Å².